The Morgan fingerprint density at radius 1 is 1.10 bits per heavy atom. The second-order valence-electron chi connectivity index (χ2n) is 7.45. The van der Waals surface area contributed by atoms with E-state index in [-0.39, 0.29) is 11.2 Å². The minimum Gasteiger partial charge on any atom is -0.423 e. The highest BCUT2D eigenvalue weighted by molar-refractivity contribution is 7.98. The minimum atomic E-state index is -0.376. The molecule has 0 unspecified atom stereocenters. The first-order chi connectivity index (χ1) is 15.0. The molecule has 3 aromatic heterocycles. The van der Waals surface area contributed by atoms with Gasteiger partial charge in [0.25, 0.3) is 5.56 Å². The molecule has 0 aliphatic carbocycles. The van der Waals surface area contributed by atoms with E-state index in [0.29, 0.717) is 28.4 Å². The fourth-order valence-electron chi connectivity index (χ4n) is 3.97. The molecule has 2 aromatic carbocycles. The maximum absolute atomic E-state index is 13.1. The zero-order valence-electron chi connectivity index (χ0n) is 17.4. The second-order valence-corrected chi connectivity index (χ2v) is 9.59. The number of rotatable bonds is 4. The Hall–Kier alpha value is -2.90. The Kier molecular flexibility index (Phi) is 4.95. The smallest absolute Gasteiger partial charge is 0.336 e. The number of aromatic nitrogens is 2. The number of hydrogen-bond donors (Lipinski definition) is 0. The first kappa shape index (κ1) is 20.0. The van der Waals surface area contributed by atoms with Gasteiger partial charge in [-0.25, -0.2) is 9.78 Å². The van der Waals surface area contributed by atoms with E-state index in [9.17, 15) is 9.59 Å². The molecule has 31 heavy (non-hydrogen) atoms. The number of hydrogen-bond acceptors (Lipinski definition) is 6. The lowest BCUT2D eigenvalue weighted by atomic mass is 10.0. The van der Waals surface area contributed by atoms with Crippen LogP contribution in [0.1, 0.15) is 22.9 Å². The van der Waals surface area contributed by atoms with Crippen LogP contribution >= 0.6 is 23.1 Å². The van der Waals surface area contributed by atoms with Crippen LogP contribution in [-0.4, -0.2) is 9.55 Å². The SMILES string of the molecule is CCn1c(SCc2cc(=O)oc3ccc4ccccc4c23)nc2sc(C)c(C)c2c1=O. The summed E-state index contributed by atoms with van der Waals surface area (Å²) >= 11 is 3.03. The summed E-state index contributed by atoms with van der Waals surface area (Å²) in [6.07, 6.45) is 0. The normalized spacial score (nSPS) is 11.7. The van der Waals surface area contributed by atoms with Crippen LogP contribution in [-0.2, 0) is 12.3 Å². The van der Waals surface area contributed by atoms with E-state index in [0.717, 1.165) is 37.0 Å². The molecule has 7 heteroatoms. The lowest BCUT2D eigenvalue weighted by molar-refractivity contribution is 0.560. The molecule has 0 bridgehead atoms. The number of aryl methyl sites for hydroxylation is 2. The standard InChI is InChI=1S/C24H20N2O3S2/c1-4-26-23(28)20-13(2)14(3)31-22(20)25-24(26)30-12-16-11-19(27)29-18-10-9-15-7-5-6-8-17(15)21(16)18/h5-11H,4,12H2,1-3H3. The Labute approximate surface area is 186 Å². The van der Waals surface area contributed by atoms with Gasteiger partial charge >= 0.3 is 5.63 Å². The second kappa shape index (κ2) is 7.66. The van der Waals surface area contributed by atoms with Crippen LogP contribution in [0.5, 0.6) is 0 Å². The van der Waals surface area contributed by atoms with Gasteiger partial charge in [-0.2, -0.15) is 0 Å². The van der Waals surface area contributed by atoms with Crippen molar-refractivity contribution in [3.8, 4) is 0 Å². The van der Waals surface area contributed by atoms with Gasteiger partial charge in [0.15, 0.2) is 5.16 Å². The van der Waals surface area contributed by atoms with Crippen molar-refractivity contribution >= 4 is 55.1 Å². The summed E-state index contributed by atoms with van der Waals surface area (Å²) in [5, 5.41) is 4.44. The van der Waals surface area contributed by atoms with Gasteiger partial charge in [-0.1, -0.05) is 42.1 Å². The number of nitrogens with zero attached hydrogens (tertiary/aromatic N) is 2. The Morgan fingerprint density at radius 2 is 1.90 bits per heavy atom. The van der Waals surface area contributed by atoms with E-state index in [4.69, 9.17) is 9.40 Å². The fourth-order valence-corrected chi connectivity index (χ4v) is 6.09. The molecule has 0 spiro atoms. The number of thiophene rings is 1. The number of thioether (sulfide) groups is 1. The molecule has 0 saturated carbocycles. The third-order valence-electron chi connectivity index (χ3n) is 5.64. The molecule has 0 amide bonds. The zero-order valence-corrected chi connectivity index (χ0v) is 19.0. The molecule has 0 N–H and O–H groups in total. The first-order valence-corrected chi connectivity index (χ1v) is 11.9. The molecule has 0 fully saturated rings. The molecule has 5 aromatic rings. The first-order valence-electron chi connectivity index (χ1n) is 10.1. The van der Waals surface area contributed by atoms with Gasteiger partial charge in [-0.3, -0.25) is 9.36 Å². The summed E-state index contributed by atoms with van der Waals surface area (Å²) in [5.41, 5.74) is 2.08. The summed E-state index contributed by atoms with van der Waals surface area (Å²) in [7, 11) is 0. The topological polar surface area (TPSA) is 65.1 Å². The monoisotopic (exact) mass is 448 g/mol. The molecule has 156 valence electrons. The molecular formula is C24H20N2O3S2. The van der Waals surface area contributed by atoms with Crippen LogP contribution in [0.25, 0.3) is 32.0 Å². The third kappa shape index (κ3) is 3.28. The molecule has 3 heterocycles. The molecule has 0 aliphatic heterocycles. The predicted octanol–water partition coefficient (Wildman–Crippen LogP) is 5.65. The van der Waals surface area contributed by atoms with E-state index in [1.807, 2.05) is 57.2 Å². The summed E-state index contributed by atoms with van der Waals surface area (Å²) < 4.78 is 7.19. The number of fused-ring (bicyclic) bond motifs is 4. The lowest BCUT2D eigenvalue weighted by Gasteiger charge is -2.12. The highest BCUT2D eigenvalue weighted by atomic mass is 32.2. The number of benzene rings is 2. The van der Waals surface area contributed by atoms with E-state index >= 15 is 0 Å². The van der Waals surface area contributed by atoms with E-state index in [2.05, 4.69) is 0 Å². The van der Waals surface area contributed by atoms with Crippen molar-refractivity contribution < 1.29 is 4.42 Å². The van der Waals surface area contributed by atoms with Crippen LogP contribution in [0.15, 0.2) is 61.6 Å². The van der Waals surface area contributed by atoms with Crippen molar-refractivity contribution in [2.75, 3.05) is 0 Å². The van der Waals surface area contributed by atoms with Crippen LogP contribution in [0.3, 0.4) is 0 Å². The van der Waals surface area contributed by atoms with Gasteiger partial charge < -0.3 is 4.42 Å². The van der Waals surface area contributed by atoms with Crippen LogP contribution in [0.2, 0.25) is 0 Å². The van der Waals surface area contributed by atoms with Gasteiger partial charge in [-0.05, 0) is 48.7 Å². The summed E-state index contributed by atoms with van der Waals surface area (Å²) in [6, 6.07) is 13.4. The van der Waals surface area contributed by atoms with Gasteiger partial charge in [0.05, 0.1) is 5.39 Å². The zero-order chi connectivity index (χ0) is 21.7. The van der Waals surface area contributed by atoms with Crippen molar-refractivity contribution in [3.63, 3.8) is 0 Å². The van der Waals surface area contributed by atoms with Crippen LogP contribution in [0.4, 0.5) is 0 Å². The fraction of sp³-hybridized carbons (Fsp3) is 0.208. The molecule has 0 saturated heterocycles. The van der Waals surface area contributed by atoms with E-state index < -0.39 is 0 Å². The molecule has 5 rings (SSSR count). The van der Waals surface area contributed by atoms with Gasteiger partial charge in [0.1, 0.15) is 10.4 Å². The third-order valence-corrected chi connectivity index (χ3v) is 7.77. The van der Waals surface area contributed by atoms with Crippen molar-refractivity contribution in [2.45, 2.75) is 38.2 Å². The maximum Gasteiger partial charge on any atom is 0.336 e. The van der Waals surface area contributed by atoms with Crippen LogP contribution < -0.4 is 11.2 Å². The minimum absolute atomic E-state index is 0.000247. The van der Waals surface area contributed by atoms with Crippen molar-refractivity contribution in [3.05, 3.63) is 79.2 Å². The van der Waals surface area contributed by atoms with E-state index in [1.165, 1.54) is 11.8 Å². The van der Waals surface area contributed by atoms with E-state index in [1.54, 1.807) is 22.0 Å². The largest absolute Gasteiger partial charge is 0.423 e. The highest BCUT2D eigenvalue weighted by Crippen LogP contribution is 2.32. The average Bonchev–Trinajstić information content (AvgIpc) is 3.05. The van der Waals surface area contributed by atoms with Gasteiger partial charge in [-0.15, -0.1) is 11.3 Å². The average molecular weight is 449 g/mol. The van der Waals surface area contributed by atoms with Gasteiger partial charge in [0, 0.05) is 28.6 Å². The summed E-state index contributed by atoms with van der Waals surface area (Å²) in [4.78, 5) is 32.0. The summed E-state index contributed by atoms with van der Waals surface area (Å²) in [6.45, 7) is 6.49. The lowest BCUT2D eigenvalue weighted by Crippen LogP contribution is -2.22. The highest BCUT2D eigenvalue weighted by Gasteiger charge is 2.17. The van der Waals surface area contributed by atoms with Crippen LogP contribution in [0, 0.1) is 13.8 Å². The van der Waals surface area contributed by atoms with Crippen molar-refractivity contribution in [2.24, 2.45) is 0 Å². The molecule has 0 aliphatic rings. The quantitative estimate of drug-likeness (QED) is 0.154. The molecular weight excluding hydrogens is 428 g/mol. The van der Waals surface area contributed by atoms with Gasteiger partial charge in [0.2, 0.25) is 0 Å². The van der Waals surface area contributed by atoms with Crippen molar-refractivity contribution in [1.29, 1.82) is 0 Å². The Bertz CT molecular complexity index is 1590. The Morgan fingerprint density at radius 3 is 2.71 bits per heavy atom. The predicted molar refractivity (Wildman–Crippen MR) is 129 cm³/mol. The summed E-state index contributed by atoms with van der Waals surface area (Å²) in [5.74, 6) is 0.511. The molecule has 0 radical (unpaired) electrons. The molecule has 5 nitrogen and oxygen atoms in total. The van der Waals surface area contributed by atoms with Crippen molar-refractivity contribution in [1.82, 2.24) is 9.55 Å². The molecule has 0 atom stereocenters. The Balaban J connectivity index is 1.65. The maximum atomic E-state index is 13.1.